The van der Waals surface area contributed by atoms with Crippen molar-refractivity contribution in [1.29, 1.82) is 0 Å². The fraction of sp³-hybridized carbons (Fsp3) is 0.545. The molecule has 0 spiro atoms. The Balaban J connectivity index is 3.82. The van der Waals surface area contributed by atoms with Crippen molar-refractivity contribution in [3.63, 3.8) is 0 Å². The largest absolute Gasteiger partial charge is 0.462 e. The fourth-order valence-corrected chi connectivity index (χ4v) is 0.732. The van der Waals surface area contributed by atoms with Crippen LogP contribution < -0.4 is 0 Å². The Morgan fingerprint density at radius 2 is 2.15 bits per heavy atom. The van der Waals surface area contributed by atoms with E-state index in [1.54, 1.807) is 13.0 Å². The molecule has 0 saturated carbocycles. The molecule has 0 radical (unpaired) electrons. The molecule has 0 aliphatic carbocycles. The summed E-state index contributed by atoms with van der Waals surface area (Å²) in [6.07, 6.45) is 7.45. The second kappa shape index (κ2) is 7.59. The van der Waals surface area contributed by atoms with Crippen molar-refractivity contribution in [2.75, 3.05) is 6.61 Å². The number of hydrogen-bond acceptors (Lipinski definition) is 2. The first kappa shape index (κ1) is 11.9. The molecular weight excluding hydrogens is 164 g/mol. The lowest BCUT2D eigenvalue weighted by Crippen LogP contribution is -2.06. The monoisotopic (exact) mass is 182 g/mol. The molecule has 2 heteroatoms. The maximum atomic E-state index is 11.2. The molecule has 0 bridgehead atoms. The van der Waals surface area contributed by atoms with Crippen molar-refractivity contribution in [1.82, 2.24) is 0 Å². The van der Waals surface area contributed by atoms with E-state index >= 15 is 0 Å². The van der Waals surface area contributed by atoms with Crippen LogP contribution in [0.2, 0.25) is 0 Å². The molecule has 2 nitrogen and oxygen atoms in total. The van der Waals surface area contributed by atoms with Crippen LogP contribution in [0.25, 0.3) is 0 Å². The van der Waals surface area contributed by atoms with Crippen molar-refractivity contribution >= 4 is 5.97 Å². The van der Waals surface area contributed by atoms with E-state index in [0.717, 1.165) is 12.8 Å². The Labute approximate surface area is 80.3 Å². The lowest BCUT2D eigenvalue weighted by Gasteiger charge is -2.02. The molecule has 0 heterocycles. The molecule has 0 aromatic carbocycles. The molecule has 0 aliphatic rings. The average molecular weight is 182 g/mol. The Morgan fingerprint density at radius 3 is 2.69 bits per heavy atom. The van der Waals surface area contributed by atoms with Gasteiger partial charge in [0.2, 0.25) is 0 Å². The van der Waals surface area contributed by atoms with Crippen LogP contribution in [0.3, 0.4) is 0 Å². The molecule has 0 atom stereocenters. The van der Waals surface area contributed by atoms with Crippen molar-refractivity contribution in [2.24, 2.45) is 0 Å². The zero-order chi connectivity index (χ0) is 10.1. The van der Waals surface area contributed by atoms with Gasteiger partial charge in [0, 0.05) is 5.57 Å². The number of carbonyl (C=O) groups excluding carboxylic acids is 1. The summed E-state index contributed by atoms with van der Waals surface area (Å²) in [7, 11) is 0. The highest BCUT2D eigenvalue weighted by Crippen LogP contribution is 1.98. The van der Waals surface area contributed by atoms with Crippen LogP contribution in [0.4, 0.5) is 0 Å². The fourth-order valence-electron chi connectivity index (χ4n) is 0.732. The van der Waals surface area contributed by atoms with Gasteiger partial charge in [0.05, 0.1) is 6.61 Å². The number of allylic oxidation sites excluding steroid dienone is 3. The minimum Gasteiger partial charge on any atom is -0.462 e. The summed E-state index contributed by atoms with van der Waals surface area (Å²) in [6.45, 7) is 6.26. The molecule has 13 heavy (non-hydrogen) atoms. The molecule has 0 aromatic rings. The normalized spacial score (nSPS) is 12.1. The molecule has 74 valence electrons. The first-order chi connectivity index (χ1) is 6.22. The number of carbonyl (C=O) groups is 1. The predicted octanol–water partition coefficient (Wildman–Crippen LogP) is 2.85. The van der Waals surface area contributed by atoms with Gasteiger partial charge < -0.3 is 4.74 Å². The zero-order valence-electron chi connectivity index (χ0n) is 8.67. The number of hydrogen-bond donors (Lipinski definition) is 0. The lowest BCUT2D eigenvalue weighted by atomic mass is 10.3. The first-order valence-electron chi connectivity index (χ1n) is 4.69. The maximum absolute atomic E-state index is 11.2. The molecule has 0 unspecified atom stereocenters. The number of esters is 1. The second-order valence-corrected chi connectivity index (χ2v) is 2.86. The van der Waals surface area contributed by atoms with Crippen LogP contribution in [-0.4, -0.2) is 12.6 Å². The van der Waals surface area contributed by atoms with E-state index in [9.17, 15) is 4.79 Å². The molecule has 0 amide bonds. The van der Waals surface area contributed by atoms with E-state index in [0.29, 0.717) is 12.2 Å². The maximum Gasteiger partial charge on any atom is 0.333 e. The van der Waals surface area contributed by atoms with E-state index in [1.807, 2.05) is 19.1 Å². The van der Waals surface area contributed by atoms with Gasteiger partial charge in [0.25, 0.3) is 0 Å². The molecule has 0 aromatic heterocycles. The second-order valence-electron chi connectivity index (χ2n) is 2.86. The minimum absolute atomic E-state index is 0.216. The molecule has 0 rings (SSSR count). The third-order valence-electron chi connectivity index (χ3n) is 1.59. The smallest absolute Gasteiger partial charge is 0.333 e. The lowest BCUT2D eigenvalue weighted by molar-refractivity contribution is -0.139. The van der Waals surface area contributed by atoms with Crippen LogP contribution in [0.1, 0.15) is 33.6 Å². The van der Waals surface area contributed by atoms with E-state index < -0.39 is 0 Å². The summed E-state index contributed by atoms with van der Waals surface area (Å²) < 4.78 is 5.00. The van der Waals surface area contributed by atoms with Gasteiger partial charge in [-0.3, -0.25) is 0 Å². The van der Waals surface area contributed by atoms with E-state index in [4.69, 9.17) is 4.74 Å². The summed E-state index contributed by atoms with van der Waals surface area (Å²) in [5.41, 5.74) is 0.647. The van der Waals surface area contributed by atoms with Crippen LogP contribution in [0, 0.1) is 0 Å². The highest BCUT2D eigenvalue weighted by Gasteiger charge is 2.02. The van der Waals surface area contributed by atoms with Crippen molar-refractivity contribution in [2.45, 2.75) is 33.6 Å². The summed E-state index contributed by atoms with van der Waals surface area (Å²) in [6, 6.07) is 0. The standard InChI is InChI=1S/C11H18O2/c1-4-6-8-10(3)11(12)13-9-7-5-2/h4,6,8H,5,7,9H2,1-3H3. The van der Waals surface area contributed by atoms with Crippen LogP contribution in [0.15, 0.2) is 23.8 Å². The van der Waals surface area contributed by atoms with Gasteiger partial charge in [-0.1, -0.05) is 31.6 Å². The molecular formula is C11H18O2. The quantitative estimate of drug-likeness (QED) is 0.283. The van der Waals surface area contributed by atoms with Gasteiger partial charge in [0.1, 0.15) is 0 Å². The summed E-state index contributed by atoms with van der Waals surface area (Å²) in [4.78, 5) is 11.2. The van der Waals surface area contributed by atoms with Gasteiger partial charge in [-0.15, -0.1) is 0 Å². The Bertz CT molecular complexity index is 202. The van der Waals surface area contributed by atoms with Gasteiger partial charge in [0.15, 0.2) is 0 Å². The molecule has 0 N–H and O–H groups in total. The van der Waals surface area contributed by atoms with Gasteiger partial charge in [-0.05, 0) is 20.3 Å². The summed E-state index contributed by atoms with van der Waals surface area (Å²) in [5.74, 6) is -0.216. The Hall–Kier alpha value is -1.05. The number of ether oxygens (including phenoxy) is 1. The Morgan fingerprint density at radius 1 is 1.46 bits per heavy atom. The highest BCUT2D eigenvalue weighted by atomic mass is 16.5. The summed E-state index contributed by atoms with van der Waals surface area (Å²) >= 11 is 0. The van der Waals surface area contributed by atoms with Gasteiger partial charge in [-0.2, -0.15) is 0 Å². The Kier molecular flexibility index (Phi) is 6.98. The number of rotatable bonds is 5. The van der Waals surface area contributed by atoms with Crippen molar-refractivity contribution in [3.05, 3.63) is 23.8 Å². The van der Waals surface area contributed by atoms with Gasteiger partial charge >= 0.3 is 5.97 Å². The average Bonchev–Trinajstić information content (AvgIpc) is 2.14. The molecule has 0 saturated heterocycles. The number of unbranched alkanes of at least 4 members (excludes halogenated alkanes) is 1. The SMILES string of the molecule is CC=CC=C(C)C(=O)OCCCC. The highest BCUT2D eigenvalue weighted by molar-refractivity contribution is 5.88. The van der Waals surface area contributed by atoms with E-state index in [1.165, 1.54) is 0 Å². The zero-order valence-corrected chi connectivity index (χ0v) is 8.67. The van der Waals surface area contributed by atoms with Crippen LogP contribution in [0.5, 0.6) is 0 Å². The third-order valence-corrected chi connectivity index (χ3v) is 1.59. The predicted molar refractivity (Wildman–Crippen MR) is 54.4 cm³/mol. The van der Waals surface area contributed by atoms with E-state index in [-0.39, 0.29) is 5.97 Å². The topological polar surface area (TPSA) is 26.3 Å². The molecule has 0 fully saturated rings. The van der Waals surface area contributed by atoms with Gasteiger partial charge in [-0.25, -0.2) is 4.79 Å². The van der Waals surface area contributed by atoms with Crippen LogP contribution in [-0.2, 0) is 9.53 Å². The molecule has 0 aliphatic heterocycles. The van der Waals surface area contributed by atoms with Crippen LogP contribution >= 0.6 is 0 Å². The van der Waals surface area contributed by atoms with Crippen molar-refractivity contribution < 1.29 is 9.53 Å². The first-order valence-corrected chi connectivity index (χ1v) is 4.69. The van der Waals surface area contributed by atoms with Crippen molar-refractivity contribution in [3.8, 4) is 0 Å². The van der Waals surface area contributed by atoms with E-state index in [2.05, 4.69) is 6.92 Å². The minimum atomic E-state index is -0.216. The summed E-state index contributed by atoms with van der Waals surface area (Å²) in [5, 5.41) is 0. The third kappa shape index (κ3) is 6.14.